The molecule has 3 rings (SSSR count). The van der Waals surface area contributed by atoms with Crippen LogP contribution in [0.15, 0.2) is 30.3 Å². The zero-order chi connectivity index (χ0) is 21.7. The summed E-state index contributed by atoms with van der Waals surface area (Å²) in [7, 11) is 0. The van der Waals surface area contributed by atoms with Gasteiger partial charge in [-0.15, -0.1) is 11.3 Å². The Bertz CT molecular complexity index is 795. The Labute approximate surface area is 184 Å². The lowest BCUT2D eigenvalue weighted by molar-refractivity contribution is -0.230. The molecule has 0 amide bonds. The van der Waals surface area contributed by atoms with E-state index in [4.69, 9.17) is 25.8 Å². The third kappa shape index (κ3) is 5.52. The Morgan fingerprint density at radius 2 is 1.80 bits per heavy atom. The molecule has 1 fully saturated rings. The van der Waals surface area contributed by atoms with Gasteiger partial charge in [-0.25, -0.2) is 0 Å². The van der Waals surface area contributed by atoms with E-state index in [-0.39, 0.29) is 0 Å². The summed E-state index contributed by atoms with van der Waals surface area (Å²) in [6.45, 7) is 3.17. The molecule has 30 heavy (non-hydrogen) atoms. The standard InChI is InChI=1S/C21H27ClO7S/c1-2-27-7-8-28-14-5-3-12(4-6-14)9-13-10-16(30-21(13)22)20-19(26)18(25)17(24)15(11-23)29-20/h3-6,10,15,17-20,23-26H,2,7-9,11H2,1H3/t15-,17-,18+,19-,20+/m1/s1. The van der Waals surface area contributed by atoms with Crippen molar-refractivity contribution in [3.8, 4) is 5.75 Å². The molecule has 2 heterocycles. The summed E-state index contributed by atoms with van der Waals surface area (Å²) in [4.78, 5) is 0.628. The van der Waals surface area contributed by atoms with E-state index >= 15 is 0 Å². The Balaban J connectivity index is 1.66. The molecule has 9 heteroatoms. The summed E-state index contributed by atoms with van der Waals surface area (Å²) >= 11 is 7.65. The van der Waals surface area contributed by atoms with E-state index < -0.39 is 37.1 Å². The van der Waals surface area contributed by atoms with Crippen LogP contribution in [0.5, 0.6) is 5.75 Å². The van der Waals surface area contributed by atoms with Gasteiger partial charge in [0.1, 0.15) is 42.9 Å². The number of benzene rings is 1. The second kappa shape index (κ2) is 10.9. The molecule has 166 valence electrons. The maximum atomic E-state index is 10.3. The number of aliphatic hydroxyl groups excluding tert-OH is 4. The molecule has 4 N–H and O–H groups in total. The van der Waals surface area contributed by atoms with Crippen molar-refractivity contribution in [2.24, 2.45) is 0 Å². The summed E-state index contributed by atoms with van der Waals surface area (Å²) in [5.41, 5.74) is 1.89. The quantitative estimate of drug-likeness (QED) is 0.425. The second-order valence-electron chi connectivity index (χ2n) is 7.06. The number of thiophene rings is 1. The number of ether oxygens (including phenoxy) is 3. The molecule has 5 atom stereocenters. The zero-order valence-electron chi connectivity index (χ0n) is 16.6. The van der Waals surface area contributed by atoms with Crippen molar-refractivity contribution in [2.75, 3.05) is 26.4 Å². The molecule has 1 saturated heterocycles. The summed E-state index contributed by atoms with van der Waals surface area (Å²) < 4.78 is 17.0. The van der Waals surface area contributed by atoms with Crippen LogP contribution in [0.3, 0.4) is 0 Å². The lowest BCUT2D eigenvalue weighted by atomic mass is 9.94. The molecule has 7 nitrogen and oxygen atoms in total. The highest BCUT2D eigenvalue weighted by molar-refractivity contribution is 7.16. The average Bonchev–Trinajstić information content (AvgIpc) is 3.11. The SMILES string of the molecule is CCOCCOc1ccc(Cc2cc([C@@H]3O[C@H](CO)[C@@H](O)[C@H](O)[C@H]3O)sc2Cl)cc1. The highest BCUT2D eigenvalue weighted by atomic mass is 35.5. The van der Waals surface area contributed by atoms with Gasteiger partial charge in [0, 0.05) is 11.5 Å². The predicted molar refractivity (Wildman–Crippen MR) is 113 cm³/mol. The minimum absolute atomic E-state index is 0.466. The maximum Gasteiger partial charge on any atom is 0.121 e. The average molecular weight is 459 g/mol. The van der Waals surface area contributed by atoms with Crippen LogP contribution in [0.1, 0.15) is 29.0 Å². The van der Waals surface area contributed by atoms with Gasteiger partial charge in [-0.1, -0.05) is 23.7 Å². The van der Waals surface area contributed by atoms with Gasteiger partial charge in [0.05, 0.1) is 17.6 Å². The number of halogens is 1. The van der Waals surface area contributed by atoms with Crippen molar-refractivity contribution in [3.63, 3.8) is 0 Å². The molecule has 0 unspecified atom stereocenters. The van der Waals surface area contributed by atoms with Gasteiger partial charge in [0.2, 0.25) is 0 Å². The Morgan fingerprint density at radius 1 is 1.07 bits per heavy atom. The maximum absolute atomic E-state index is 10.3. The van der Waals surface area contributed by atoms with Crippen molar-refractivity contribution < 1.29 is 34.6 Å². The minimum atomic E-state index is -1.42. The first-order valence-corrected chi connectivity index (χ1v) is 11.0. The fraction of sp³-hybridized carbons (Fsp3) is 0.524. The Hall–Kier alpha value is -1.23. The van der Waals surface area contributed by atoms with Crippen LogP contribution in [-0.2, 0) is 15.9 Å². The monoisotopic (exact) mass is 458 g/mol. The molecular formula is C21H27ClO7S. The lowest BCUT2D eigenvalue weighted by Gasteiger charge is -2.39. The fourth-order valence-electron chi connectivity index (χ4n) is 3.31. The van der Waals surface area contributed by atoms with Gasteiger partial charge in [-0.3, -0.25) is 0 Å². The van der Waals surface area contributed by atoms with Crippen LogP contribution in [0, 0.1) is 0 Å². The van der Waals surface area contributed by atoms with E-state index in [1.54, 1.807) is 0 Å². The van der Waals surface area contributed by atoms with Gasteiger partial charge < -0.3 is 34.6 Å². The minimum Gasteiger partial charge on any atom is -0.491 e. The lowest BCUT2D eigenvalue weighted by Crippen LogP contribution is -2.55. The molecule has 1 aliphatic heterocycles. The molecule has 2 aromatic rings. The molecule has 0 spiro atoms. The topological polar surface area (TPSA) is 109 Å². The first-order chi connectivity index (χ1) is 14.4. The van der Waals surface area contributed by atoms with E-state index in [2.05, 4.69) is 0 Å². The van der Waals surface area contributed by atoms with Crippen LogP contribution in [0.4, 0.5) is 0 Å². The van der Waals surface area contributed by atoms with Gasteiger partial charge in [0.15, 0.2) is 0 Å². The molecule has 0 saturated carbocycles. The van der Waals surface area contributed by atoms with Crippen molar-refractivity contribution in [1.82, 2.24) is 0 Å². The smallest absolute Gasteiger partial charge is 0.121 e. The van der Waals surface area contributed by atoms with E-state index in [9.17, 15) is 20.4 Å². The molecule has 1 aliphatic rings. The van der Waals surface area contributed by atoms with Gasteiger partial charge >= 0.3 is 0 Å². The van der Waals surface area contributed by atoms with Crippen molar-refractivity contribution >= 4 is 22.9 Å². The van der Waals surface area contributed by atoms with E-state index in [1.807, 2.05) is 37.3 Å². The molecule has 1 aromatic carbocycles. The first-order valence-electron chi connectivity index (χ1n) is 9.82. The van der Waals surface area contributed by atoms with E-state index in [0.717, 1.165) is 16.9 Å². The molecule has 1 aromatic heterocycles. The van der Waals surface area contributed by atoms with E-state index in [1.165, 1.54) is 11.3 Å². The highest BCUT2D eigenvalue weighted by Crippen LogP contribution is 2.39. The number of hydrogen-bond donors (Lipinski definition) is 4. The summed E-state index contributed by atoms with van der Waals surface area (Å²) in [5, 5.41) is 39.7. The van der Waals surface area contributed by atoms with E-state index in [0.29, 0.717) is 35.5 Å². The number of rotatable bonds is 9. The van der Waals surface area contributed by atoms with Crippen molar-refractivity contribution in [2.45, 2.75) is 43.9 Å². The Kier molecular flexibility index (Phi) is 8.50. The van der Waals surface area contributed by atoms with Gasteiger partial charge in [-0.2, -0.15) is 0 Å². The Morgan fingerprint density at radius 3 is 2.47 bits per heavy atom. The third-order valence-corrected chi connectivity index (χ3v) is 6.47. The van der Waals surface area contributed by atoms with Crippen molar-refractivity contribution in [3.05, 3.63) is 50.7 Å². The summed E-state index contributed by atoms with van der Waals surface area (Å²) in [6.07, 6.45) is -5.37. The molecule has 0 bridgehead atoms. The van der Waals surface area contributed by atoms with Crippen LogP contribution in [0.25, 0.3) is 0 Å². The van der Waals surface area contributed by atoms with Crippen LogP contribution in [0.2, 0.25) is 4.34 Å². The van der Waals surface area contributed by atoms with Crippen LogP contribution in [-0.4, -0.2) is 71.3 Å². The van der Waals surface area contributed by atoms with Crippen LogP contribution >= 0.6 is 22.9 Å². The summed E-state index contributed by atoms with van der Waals surface area (Å²) in [5.74, 6) is 0.761. The molecule has 0 aliphatic carbocycles. The predicted octanol–water partition coefficient (Wildman–Crippen LogP) is 1.92. The molecule has 0 radical (unpaired) electrons. The highest BCUT2D eigenvalue weighted by Gasteiger charge is 2.44. The molecular weight excluding hydrogens is 432 g/mol. The largest absolute Gasteiger partial charge is 0.491 e. The first kappa shape index (κ1) is 23.4. The fourth-order valence-corrected chi connectivity index (χ4v) is 4.68. The van der Waals surface area contributed by atoms with Gasteiger partial charge in [0.25, 0.3) is 0 Å². The second-order valence-corrected chi connectivity index (χ2v) is 8.75. The zero-order valence-corrected chi connectivity index (χ0v) is 18.2. The van der Waals surface area contributed by atoms with Crippen molar-refractivity contribution in [1.29, 1.82) is 0 Å². The van der Waals surface area contributed by atoms with Crippen LogP contribution < -0.4 is 4.74 Å². The van der Waals surface area contributed by atoms with Gasteiger partial charge in [-0.05, 0) is 42.7 Å². The normalized spacial score (nSPS) is 26.7. The number of hydrogen-bond acceptors (Lipinski definition) is 8. The summed E-state index contributed by atoms with van der Waals surface area (Å²) in [6, 6.07) is 9.52. The number of aliphatic hydroxyl groups is 4. The third-order valence-electron chi connectivity index (χ3n) is 4.97.